The zero-order valence-corrected chi connectivity index (χ0v) is 15.9. The van der Waals surface area contributed by atoms with Crippen LogP contribution in [0.3, 0.4) is 0 Å². The van der Waals surface area contributed by atoms with Crippen LogP contribution in [0, 0.1) is 6.92 Å². The number of hydrogen-bond donors (Lipinski definition) is 2. The van der Waals surface area contributed by atoms with Crippen molar-refractivity contribution in [3.8, 4) is 10.8 Å². The van der Waals surface area contributed by atoms with Gasteiger partial charge in [0.05, 0.1) is 4.88 Å². The van der Waals surface area contributed by atoms with Crippen molar-refractivity contribution in [1.29, 1.82) is 0 Å². The number of nitrogens with zero attached hydrogens (tertiary/aromatic N) is 2. The molecule has 0 bridgehead atoms. The third-order valence-electron chi connectivity index (χ3n) is 4.00. The largest absolute Gasteiger partial charge is 0.418 e. The average molecular weight is 370 g/mol. The lowest BCUT2D eigenvalue weighted by atomic mass is 10.1. The molecule has 7 heteroatoms. The van der Waals surface area contributed by atoms with Crippen molar-refractivity contribution in [2.45, 2.75) is 39.7 Å². The van der Waals surface area contributed by atoms with E-state index in [9.17, 15) is 4.79 Å². The maximum absolute atomic E-state index is 11.9. The highest BCUT2D eigenvalue weighted by molar-refractivity contribution is 7.13. The van der Waals surface area contributed by atoms with Gasteiger partial charge in [-0.3, -0.25) is 4.79 Å². The van der Waals surface area contributed by atoms with Gasteiger partial charge >= 0.3 is 0 Å². The van der Waals surface area contributed by atoms with Gasteiger partial charge in [-0.05, 0) is 49.4 Å². The minimum atomic E-state index is -0.156. The number of benzene rings is 1. The average Bonchev–Trinajstić information content (AvgIpc) is 3.29. The van der Waals surface area contributed by atoms with Crippen molar-refractivity contribution in [3.63, 3.8) is 0 Å². The molecule has 0 saturated carbocycles. The minimum absolute atomic E-state index is 0.0262. The van der Waals surface area contributed by atoms with Crippen LogP contribution >= 0.6 is 11.3 Å². The van der Waals surface area contributed by atoms with E-state index in [4.69, 9.17) is 4.42 Å². The van der Waals surface area contributed by atoms with Crippen molar-refractivity contribution < 1.29 is 9.21 Å². The van der Waals surface area contributed by atoms with Crippen LogP contribution in [-0.2, 0) is 4.79 Å². The van der Waals surface area contributed by atoms with E-state index < -0.39 is 0 Å². The summed E-state index contributed by atoms with van der Waals surface area (Å²) in [6.07, 6.45) is 1.34. The molecule has 0 spiro atoms. The zero-order valence-electron chi connectivity index (χ0n) is 15.1. The summed E-state index contributed by atoms with van der Waals surface area (Å²) >= 11 is 1.56. The van der Waals surface area contributed by atoms with Crippen LogP contribution in [0.25, 0.3) is 10.8 Å². The number of carbonyl (C=O) groups excluding carboxylic acids is 1. The Morgan fingerprint density at radius 1 is 1.23 bits per heavy atom. The second-order valence-electron chi connectivity index (χ2n) is 6.07. The number of hydrogen-bond acceptors (Lipinski definition) is 6. The second-order valence-corrected chi connectivity index (χ2v) is 7.01. The Hall–Kier alpha value is -2.67. The fourth-order valence-electron chi connectivity index (χ4n) is 2.57. The predicted molar refractivity (Wildman–Crippen MR) is 104 cm³/mol. The van der Waals surface area contributed by atoms with Gasteiger partial charge < -0.3 is 15.1 Å². The lowest BCUT2D eigenvalue weighted by molar-refractivity contribution is -0.116. The summed E-state index contributed by atoms with van der Waals surface area (Å²) in [5.74, 6) is 1.08. The maximum Gasteiger partial charge on any atom is 0.257 e. The summed E-state index contributed by atoms with van der Waals surface area (Å²) in [6, 6.07) is 9.53. The first kappa shape index (κ1) is 18.1. The molecule has 1 aromatic carbocycles. The van der Waals surface area contributed by atoms with Crippen molar-refractivity contribution in [3.05, 3.63) is 47.2 Å². The molecule has 1 unspecified atom stereocenters. The Morgan fingerprint density at radius 3 is 2.77 bits per heavy atom. The molecule has 2 N–H and O–H groups in total. The first-order chi connectivity index (χ1) is 12.6. The molecule has 0 fully saturated rings. The summed E-state index contributed by atoms with van der Waals surface area (Å²) in [6.45, 7) is 5.93. The van der Waals surface area contributed by atoms with Crippen molar-refractivity contribution in [2.75, 3.05) is 10.6 Å². The van der Waals surface area contributed by atoms with Crippen molar-refractivity contribution >= 4 is 28.6 Å². The SMILES string of the molecule is CCCC(=O)Nc1cccc(NC(C)c2nnc(-c3cccs3)o2)c1C. The topological polar surface area (TPSA) is 80.0 Å². The number of carbonyl (C=O) groups is 1. The van der Waals surface area contributed by atoms with Crippen LogP contribution in [0.15, 0.2) is 40.1 Å². The van der Waals surface area contributed by atoms with Gasteiger partial charge in [0.2, 0.25) is 11.8 Å². The van der Waals surface area contributed by atoms with E-state index in [0.29, 0.717) is 18.2 Å². The zero-order chi connectivity index (χ0) is 18.5. The summed E-state index contributed by atoms with van der Waals surface area (Å²) in [4.78, 5) is 12.8. The molecule has 1 amide bonds. The van der Waals surface area contributed by atoms with E-state index in [2.05, 4.69) is 20.8 Å². The fraction of sp³-hybridized carbons (Fsp3) is 0.316. The molecule has 0 saturated heterocycles. The van der Waals surface area contributed by atoms with Crippen molar-refractivity contribution in [1.82, 2.24) is 10.2 Å². The van der Waals surface area contributed by atoms with E-state index in [-0.39, 0.29) is 11.9 Å². The molecule has 3 rings (SSSR count). The number of anilines is 2. The number of amides is 1. The third kappa shape index (κ3) is 4.11. The maximum atomic E-state index is 11.9. The van der Waals surface area contributed by atoms with Gasteiger partial charge in [-0.2, -0.15) is 0 Å². The van der Waals surface area contributed by atoms with Gasteiger partial charge in [-0.25, -0.2) is 0 Å². The predicted octanol–water partition coefficient (Wildman–Crippen LogP) is 5.02. The first-order valence-corrected chi connectivity index (χ1v) is 9.49. The third-order valence-corrected chi connectivity index (χ3v) is 4.86. The molecular formula is C19H22N4O2S. The number of thiophene rings is 1. The van der Waals surface area contributed by atoms with E-state index >= 15 is 0 Å². The molecule has 6 nitrogen and oxygen atoms in total. The van der Waals surface area contributed by atoms with Crippen LogP contribution < -0.4 is 10.6 Å². The minimum Gasteiger partial charge on any atom is -0.418 e. The standard InChI is InChI=1S/C19H22N4O2S/c1-4-7-17(24)21-15-9-5-8-14(12(15)2)20-13(3)18-22-23-19(25-18)16-10-6-11-26-16/h5-6,8-11,13,20H,4,7H2,1-3H3,(H,21,24). The monoisotopic (exact) mass is 370 g/mol. The number of aromatic nitrogens is 2. The number of nitrogens with one attached hydrogen (secondary N) is 2. The molecule has 2 aromatic heterocycles. The van der Waals surface area contributed by atoms with E-state index in [1.54, 1.807) is 11.3 Å². The molecule has 0 aliphatic heterocycles. The van der Waals surface area contributed by atoms with Gasteiger partial charge in [0.15, 0.2) is 0 Å². The number of rotatable bonds is 7. The van der Waals surface area contributed by atoms with Gasteiger partial charge in [-0.1, -0.05) is 19.1 Å². The molecule has 0 aliphatic rings. The molecule has 2 heterocycles. The Labute approximate surface area is 156 Å². The van der Waals surface area contributed by atoms with E-state index in [1.165, 1.54) is 0 Å². The molecule has 0 radical (unpaired) electrons. The van der Waals surface area contributed by atoms with Crippen LogP contribution in [0.1, 0.15) is 44.2 Å². The molecule has 1 atom stereocenters. The van der Waals surface area contributed by atoms with Gasteiger partial charge in [0, 0.05) is 17.8 Å². The molecule has 26 heavy (non-hydrogen) atoms. The van der Waals surface area contributed by atoms with E-state index in [1.807, 2.05) is 56.5 Å². The first-order valence-electron chi connectivity index (χ1n) is 8.61. The molecule has 0 aliphatic carbocycles. The second kappa shape index (κ2) is 8.14. The Balaban J connectivity index is 1.73. The van der Waals surface area contributed by atoms with E-state index in [0.717, 1.165) is 28.2 Å². The van der Waals surface area contributed by atoms with Crippen LogP contribution in [-0.4, -0.2) is 16.1 Å². The Kier molecular flexibility index (Phi) is 5.68. The lowest BCUT2D eigenvalue weighted by Gasteiger charge is -2.16. The van der Waals surface area contributed by atoms with Crippen molar-refractivity contribution in [2.24, 2.45) is 0 Å². The molecule has 136 valence electrons. The summed E-state index contributed by atoms with van der Waals surface area (Å²) in [5.41, 5.74) is 2.70. The highest BCUT2D eigenvalue weighted by Gasteiger charge is 2.17. The summed E-state index contributed by atoms with van der Waals surface area (Å²) < 4.78 is 5.78. The van der Waals surface area contributed by atoms with Crippen LogP contribution in [0.5, 0.6) is 0 Å². The highest BCUT2D eigenvalue weighted by Crippen LogP contribution is 2.29. The highest BCUT2D eigenvalue weighted by atomic mass is 32.1. The molecule has 3 aromatic rings. The fourth-order valence-corrected chi connectivity index (χ4v) is 3.22. The van der Waals surface area contributed by atoms with Gasteiger partial charge in [0.1, 0.15) is 6.04 Å². The normalized spacial score (nSPS) is 12.0. The van der Waals surface area contributed by atoms with Crippen LogP contribution in [0.2, 0.25) is 0 Å². The van der Waals surface area contributed by atoms with Gasteiger partial charge in [0.25, 0.3) is 5.89 Å². The van der Waals surface area contributed by atoms with Crippen LogP contribution in [0.4, 0.5) is 11.4 Å². The Morgan fingerprint density at radius 2 is 2.04 bits per heavy atom. The quantitative estimate of drug-likeness (QED) is 0.610. The lowest BCUT2D eigenvalue weighted by Crippen LogP contribution is -2.13. The molecular weight excluding hydrogens is 348 g/mol. The summed E-state index contributed by atoms with van der Waals surface area (Å²) in [5, 5.41) is 16.6. The van der Waals surface area contributed by atoms with Gasteiger partial charge in [-0.15, -0.1) is 21.5 Å². The smallest absolute Gasteiger partial charge is 0.257 e. The Bertz CT molecular complexity index is 874. The summed E-state index contributed by atoms with van der Waals surface area (Å²) in [7, 11) is 0.